The highest BCUT2D eigenvalue weighted by atomic mass is 16.5. The SMILES string of the molecule is CC(O)C(CO)(N(CCO)CCOc1ccccc1)N(CCO)CCOc1ccccc1. The predicted molar refractivity (Wildman–Crippen MR) is 123 cm³/mol. The van der Waals surface area contributed by atoms with Crippen molar-refractivity contribution in [3.63, 3.8) is 0 Å². The van der Waals surface area contributed by atoms with Crippen molar-refractivity contribution in [2.45, 2.75) is 18.7 Å². The number of nitrogens with zero attached hydrogens (tertiary/aromatic N) is 2. The quantitative estimate of drug-likeness (QED) is 0.280. The van der Waals surface area contributed by atoms with Crippen molar-refractivity contribution >= 4 is 0 Å². The third kappa shape index (κ3) is 7.16. The molecule has 4 N–H and O–H groups in total. The first-order chi connectivity index (χ1) is 15.6. The normalized spacial score (nSPS) is 12.8. The van der Waals surface area contributed by atoms with Crippen LogP contribution in [0.3, 0.4) is 0 Å². The third-order valence-electron chi connectivity index (χ3n) is 5.48. The highest BCUT2D eigenvalue weighted by Gasteiger charge is 2.45. The van der Waals surface area contributed by atoms with E-state index >= 15 is 0 Å². The summed E-state index contributed by atoms with van der Waals surface area (Å²) in [5.74, 6) is 1.43. The summed E-state index contributed by atoms with van der Waals surface area (Å²) >= 11 is 0. The average molecular weight is 449 g/mol. The van der Waals surface area contributed by atoms with Gasteiger partial charge in [0.2, 0.25) is 0 Å². The lowest BCUT2D eigenvalue weighted by atomic mass is 9.99. The number of hydrogen-bond acceptors (Lipinski definition) is 8. The van der Waals surface area contributed by atoms with E-state index in [2.05, 4.69) is 0 Å². The van der Waals surface area contributed by atoms with Crippen LogP contribution in [0.4, 0.5) is 0 Å². The minimum Gasteiger partial charge on any atom is -0.492 e. The van der Waals surface area contributed by atoms with E-state index in [4.69, 9.17) is 9.47 Å². The molecule has 0 aromatic heterocycles. The van der Waals surface area contributed by atoms with Crippen LogP contribution < -0.4 is 9.47 Å². The fourth-order valence-electron chi connectivity index (χ4n) is 3.88. The van der Waals surface area contributed by atoms with Crippen LogP contribution in [0.5, 0.6) is 11.5 Å². The minimum atomic E-state index is -1.23. The molecule has 0 spiro atoms. The molecule has 0 saturated carbocycles. The maximum atomic E-state index is 10.8. The van der Waals surface area contributed by atoms with E-state index in [0.717, 1.165) is 0 Å². The van der Waals surface area contributed by atoms with Gasteiger partial charge in [-0.1, -0.05) is 36.4 Å². The molecule has 0 fully saturated rings. The van der Waals surface area contributed by atoms with E-state index in [-0.39, 0.29) is 26.3 Å². The fourth-order valence-corrected chi connectivity index (χ4v) is 3.88. The number of hydrogen-bond donors (Lipinski definition) is 4. The van der Waals surface area contributed by atoms with Gasteiger partial charge in [0.25, 0.3) is 0 Å². The number of rotatable bonds is 16. The van der Waals surface area contributed by atoms with E-state index in [1.165, 1.54) is 0 Å². The van der Waals surface area contributed by atoms with Gasteiger partial charge in [0, 0.05) is 26.2 Å². The predicted octanol–water partition coefficient (Wildman–Crippen LogP) is 0.802. The molecule has 0 aliphatic heterocycles. The maximum absolute atomic E-state index is 10.8. The van der Waals surface area contributed by atoms with Crippen LogP contribution in [0.25, 0.3) is 0 Å². The topological polar surface area (TPSA) is 106 Å². The van der Waals surface area contributed by atoms with Gasteiger partial charge in [-0.3, -0.25) is 9.80 Å². The number of ether oxygens (including phenoxy) is 2. The van der Waals surface area contributed by atoms with Gasteiger partial charge in [0.1, 0.15) is 30.4 Å². The van der Waals surface area contributed by atoms with Crippen molar-refractivity contribution in [1.29, 1.82) is 0 Å². The van der Waals surface area contributed by atoms with Gasteiger partial charge in [0.05, 0.1) is 25.9 Å². The van der Waals surface area contributed by atoms with Crippen LogP contribution >= 0.6 is 0 Å². The standard InChI is InChI=1S/C24H36N2O6/c1-21(30)24(20-29,25(12-16-27)14-18-31-22-8-4-2-5-9-22)26(13-17-28)15-19-32-23-10-6-3-7-11-23/h2-11,21,27-30H,12-20H2,1H3. The van der Waals surface area contributed by atoms with Crippen LogP contribution in [0.1, 0.15) is 6.92 Å². The molecule has 0 saturated heterocycles. The summed E-state index contributed by atoms with van der Waals surface area (Å²) in [5, 5.41) is 40.7. The van der Waals surface area contributed by atoms with Crippen LogP contribution in [-0.4, -0.2) is 101 Å². The minimum absolute atomic E-state index is 0.159. The summed E-state index contributed by atoms with van der Waals surface area (Å²) in [7, 11) is 0. The van der Waals surface area contributed by atoms with Gasteiger partial charge < -0.3 is 29.9 Å². The lowest BCUT2D eigenvalue weighted by Crippen LogP contribution is -2.70. The van der Waals surface area contributed by atoms with E-state index in [0.29, 0.717) is 37.8 Å². The molecular weight excluding hydrogens is 412 g/mol. The molecule has 8 heteroatoms. The van der Waals surface area contributed by atoms with Crippen molar-refractivity contribution in [2.24, 2.45) is 0 Å². The zero-order valence-corrected chi connectivity index (χ0v) is 18.7. The summed E-state index contributed by atoms with van der Waals surface area (Å²) in [6.07, 6.45) is -0.987. The molecular formula is C24H36N2O6. The summed E-state index contributed by atoms with van der Waals surface area (Å²) in [5.41, 5.74) is -1.23. The Kier molecular flexibility index (Phi) is 11.4. The van der Waals surface area contributed by atoms with Crippen LogP contribution in [-0.2, 0) is 0 Å². The average Bonchev–Trinajstić information content (AvgIpc) is 2.81. The molecule has 0 aliphatic carbocycles. The van der Waals surface area contributed by atoms with E-state index in [1.54, 1.807) is 16.7 Å². The second kappa shape index (κ2) is 14.1. The molecule has 0 radical (unpaired) electrons. The smallest absolute Gasteiger partial charge is 0.124 e. The fraction of sp³-hybridized carbons (Fsp3) is 0.500. The Labute approximate surface area is 190 Å². The molecule has 1 atom stereocenters. The van der Waals surface area contributed by atoms with Crippen molar-refractivity contribution in [2.75, 3.05) is 59.2 Å². The summed E-state index contributed by atoms with van der Waals surface area (Å²) in [6, 6.07) is 18.7. The Morgan fingerprint density at radius 2 is 1.12 bits per heavy atom. The first-order valence-corrected chi connectivity index (χ1v) is 10.9. The molecule has 2 aromatic carbocycles. The first-order valence-electron chi connectivity index (χ1n) is 10.9. The highest BCUT2D eigenvalue weighted by molar-refractivity contribution is 5.21. The monoisotopic (exact) mass is 448 g/mol. The van der Waals surface area contributed by atoms with Gasteiger partial charge >= 0.3 is 0 Å². The van der Waals surface area contributed by atoms with Gasteiger partial charge in [-0.25, -0.2) is 0 Å². The molecule has 8 nitrogen and oxygen atoms in total. The summed E-state index contributed by atoms with van der Waals surface area (Å²) in [4.78, 5) is 3.61. The molecule has 0 amide bonds. The first kappa shape index (κ1) is 26.1. The second-order valence-electron chi connectivity index (χ2n) is 7.46. The molecule has 2 aromatic rings. The van der Waals surface area contributed by atoms with Crippen molar-refractivity contribution in [3.05, 3.63) is 60.7 Å². The van der Waals surface area contributed by atoms with Gasteiger partial charge in [0.15, 0.2) is 0 Å². The van der Waals surface area contributed by atoms with Crippen LogP contribution in [0.2, 0.25) is 0 Å². The summed E-state index contributed by atoms with van der Waals surface area (Å²) in [6.45, 7) is 2.60. The number of benzene rings is 2. The molecule has 32 heavy (non-hydrogen) atoms. The molecule has 0 aliphatic rings. The number of para-hydroxylation sites is 2. The van der Waals surface area contributed by atoms with Crippen molar-refractivity contribution < 1.29 is 29.9 Å². The molecule has 178 valence electrons. The molecule has 2 rings (SSSR count). The Bertz CT molecular complexity index is 676. The Hall–Kier alpha value is -2.20. The third-order valence-corrected chi connectivity index (χ3v) is 5.48. The molecule has 0 heterocycles. The van der Waals surface area contributed by atoms with Crippen LogP contribution in [0.15, 0.2) is 60.7 Å². The van der Waals surface area contributed by atoms with Crippen LogP contribution in [0, 0.1) is 0 Å². The van der Waals surface area contributed by atoms with Gasteiger partial charge in [-0.15, -0.1) is 0 Å². The van der Waals surface area contributed by atoms with Crippen molar-refractivity contribution in [1.82, 2.24) is 9.80 Å². The number of aliphatic hydroxyl groups is 4. The zero-order chi connectivity index (χ0) is 23.2. The Morgan fingerprint density at radius 1 is 0.719 bits per heavy atom. The zero-order valence-electron chi connectivity index (χ0n) is 18.7. The van der Waals surface area contributed by atoms with Gasteiger partial charge in [-0.2, -0.15) is 0 Å². The van der Waals surface area contributed by atoms with Gasteiger partial charge in [-0.05, 0) is 31.2 Å². The van der Waals surface area contributed by atoms with E-state index in [9.17, 15) is 20.4 Å². The maximum Gasteiger partial charge on any atom is 0.124 e. The largest absolute Gasteiger partial charge is 0.492 e. The highest BCUT2D eigenvalue weighted by Crippen LogP contribution is 2.25. The van der Waals surface area contributed by atoms with E-state index in [1.807, 2.05) is 60.7 Å². The Balaban J connectivity index is 2.15. The Morgan fingerprint density at radius 3 is 1.44 bits per heavy atom. The van der Waals surface area contributed by atoms with Crippen molar-refractivity contribution in [3.8, 4) is 11.5 Å². The molecule has 1 unspecified atom stereocenters. The number of aliphatic hydroxyl groups excluding tert-OH is 4. The summed E-state index contributed by atoms with van der Waals surface area (Å²) < 4.78 is 11.6. The lowest BCUT2D eigenvalue weighted by Gasteiger charge is -2.51. The second-order valence-corrected chi connectivity index (χ2v) is 7.46. The van der Waals surface area contributed by atoms with E-state index < -0.39 is 18.4 Å². The molecule has 0 bridgehead atoms. The lowest BCUT2D eigenvalue weighted by molar-refractivity contribution is -0.163.